The third-order valence-corrected chi connectivity index (χ3v) is 2.15. The van der Waals surface area contributed by atoms with E-state index < -0.39 is 12.1 Å². The van der Waals surface area contributed by atoms with Crippen LogP contribution < -0.4 is 5.32 Å². The van der Waals surface area contributed by atoms with Crippen LogP contribution in [0.1, 0.15) is 30.1 Å². The molecule has 18 heavy (non-hydrogen) atoms. The van der Waals surface area contributed by atoms with Gasteiger partial charge in [-0.1, -0.05) is 13.3 Å². The van der Waals surface area contributed by atoms with Gasteiger partial charge in [0.05, 0.1) is 19.3 Å². The van der Waals surface area contributed by atoms with Gasteiger partial charge < -0.3 is 9.47 Å². The lowest BCUT2D eigenvalue weighted by Crippen LogP contribution is -2.15. The smallest absolute Gasteiger partial charge is 0.412 e. The molecule has 0 saturated heterocycles. The number of amides is 1. The first kappa shape index (κ1) is 14.0. The summed E-state index contributed by atoms with van der Waals surface area (Å²) in [6.45, 7) is 2.39. The van der Waals surface area contributed by atoms with E-state index in [0.29, 0.717) is 18.0 Å². The van der Waals surface area contributed by atoms with Crippen molar-refractivity contribution < 1.29 is 19.1 Å². The number of unbranched alkanes of at least 4 members (excludes halogenated alkanes) is 1. The van der Waals surface area contributed by atoms with Crippen molar-refractivity contribution in [2.75, 3.05) is 19.0 Å². The lowest BCUT2D eigenvalue weighted by molar-refractivity contribution is 0.0600. The van der Waals surface area contributed by atoms with Gasteiger partial charge in [0.25, 0.3) is 0 Å². The first-order chi connectivity index (χ1) is 8.67. The lowest BCUT2D eigenvalue weighted by atomic mass is 10.3. The number of methoxy groups -OCH3 is 1. The van der Waals surface area contributed by atoms with Gasteiger partial charge in [-0.25, -0.2) is 14.6 Å². The van der Waals surface area contributed by atoms with Gasteiger partial charge in [-0.2, -0.15) is 0 Å². The Hall–Kier alpha value is -2.11. The van der Waals surface area contributed by atoms with Gasteiger partial charge >= 0.3 is 12.1 Å². The van der Waals surface area contributed by atoms with Crippen LogP contribution in [0.2, 0.25) is 0 Å². The fourth-order valence-corrected chi connectivity index (χ4v) is 1.16. The Morgan fingerprint density at radius 2 is 2.17 bits per heavy atom. The van der Waals surface area contributed by atoms with Crippen molar-refractivity contribution in [3.8, 4) is 0 Å². The topological polar surface area (TPSA) is 77.5 Å². The molecular weight excluding hydrogens is 236 g/mol. The molecule has 1 aromatic rings. The standard InChI is InChI=1S/C12H16N2O4/c1-3-4-7-18-12(16)14-10-6-5-9(8-13-10)11(15)17-2/h5-6,8H,3-4,7H2,1-2H3,(H,13,14,16). The van der Waals surface area contributed by atoms with Gasteiger partial charge in [0.1, 0.15) is 5.82 Å². The molecule has 0 radical (unpaired) electrons. The minimum atomic E-state index is -0.554. The third kappa shape index (κ3) is 4.40. The second-order valence-corrected chi connectivity index (χ2v) is 3.54. The molecule has 1 amide bonds. The van der Waals surface area contributed by atoms with Crippen molar-refractivity contribution in [3.63, 3.8) is 0 Å². The number of hydrogen-bond donors (Lipinski definition) is 1. The predicted octanol–water partition coefficient (Wildman–Crippen LogP) is 2.22. The zero-order chi connectivity index (χ0) is 13.4. The summed E-state index contributed by atoms with van der Waals surface area (Å²) in [7, 11) is 1.29. The number of carbonyl (C=O) groups excluding carboxylic acids is 2. The van der Waals surface area contributed by atoms with E-state index in [0.717, 1.165) is 12.8 Å². The summed E-state index contributed by atoms with van der Waals surface area (Å²) >= 11 is 0. The van der Waals surface area contributed by atoms with Crippen LogP contribution in [0.5, 0.6) is 0 Å². The number of rotatable bonds is 5. The fourth-order valence-electron chi connectivity index (χ4n) is 1.16. The highest BCUT2D eigenvalue weighted by atomic mass is 16.5. The summed E-state index contributed by atoms with van der Waals surface area (Å²) in [6, 6.07) is 3.02. The SMILES string of the molecule is CCCCOC(=O)Nc1ccc(C(=O)OC)cn1. The molecule has 6 heteroatoms. The first-order valence-electron chi connectivity index (χ1n) is 5.65. The Bertz CT molecular complexity index is 403. The van der Waals surface area contributed by atoms with E-state index in [1.807, 2.05) is 6.92 Å². The maximum atomic E-state index is 11.3. The van der Waals surface area contributed by atoms with Crippen molar-refractivity contribution in [2.24, 2.45) is 0 Å². The zero-order valence-corrected chi connectivity index (χ0v) is 10.4. The maximum Gasteiger partial charge on any atom is 0.412 e. The summed E-state index contributed by atoms with van der Waals surface area (Å²) in [5.41, 5.74) is 0.322. The number of anilines is 1. The predicted molar refractivity (Wildman–Crippen MR) is 65.5 cm³/mol. The van der Waals surface area contributed by atoms with Crippen LogP contribution in [-0.4, -0.2) is 30.8 Å². The molecule has 0 fully saturated rings. The number of aromatic nitrogens is 1. The average Bonchev–Trinajstić information content (AvgIpc) is 2.39. The molecular formula is C12H16N2O4. The molecule has 0 aromatic carbocycles. The summed E-state index contributed by atoms with van der Waals surface area (Å²) in [6.07, 6.45) is 2.55. The fraction of sp³-hybridized carbons (Fsp3) is 0.417. The number of nitrogens with one attached hydrogen (secondary N) is 1. The highest BCUT2D eigenvalue weighted by Crippen LogP contribution is 2.06. The first-order valence-corrected chi connectivity index (χ1v) is 5.65. The zero-order valence-electron chi connectivity index (χ0n) is 10.4. The molecule has 0 aliphatic rings. The van der Waals surface area contributed by atoms with Crippen LogP contribution in [0.4, 0.5) is 10.6 Å². The normalized spacial score (nSPS) is 9.67. The number of pyridine rings is 1. The monoisotopic (exact) mass is 252 g/mol. The Kier molecular flexibility index (Phi) is 5.63. The van der Waals surface area contributed by atoms with Crippen LogP contribution in [0.3, 0.4) is 0 Å². The molecule has 0 aliphatic carbocycles. The van der Waals surface area contributed by atoms with Gasteiger partial charge in [-0.3, -0.25) is 5.32 Å². The highest BCUT2D eigenvalue weighted by molar-refractivity contribution is 5.89. The van der Waals surface area contributed by atoms with Gasteiger partial charge in [0.15, 0.2) is 0 Å². The molecule has 1 N–H and O–H groups in total. The highest BCUT2D eigenvalue weighted by Gasteiger charge is 2.07. The number of hydrogen-bond acceptors (Lipinski definition) is 5. The van der Waals surface area contributed by atoms with Crippen LogP contribution in [0.25, 0.3) is 0 Å². The van der Waals surface area contributed by atoms with Crippen LogP contribution >= 0.6 is 0 Å². The summed E-state index contributed by atoms with van der Waals surface area (Å²) in [5, 5.41) is 2.46. The summed E-state index contributed by atoms with van der Waals surface area (Å²) < 4.78 is 9.44. The van der Waals surface area contributed by atoms with E-state index in [1.165, 1.54) is 25.4 Å². The van der Waals surface area contributed by atoms with Crippen molar-refractivity contribution in [3.05, 3.63) is 23.9 Å². The third-order valence-electron chi connectivity index (χ3n) is 2.15. The van der Waals surface area contributed by atoms with Gasteiger partial charge in [0.2, 0.25) is 0 Å². The molecule has 0 atom stereocenters. The number of ether oxygens (including phenoxy) is 2. The lowest BCUT2D eigenvalue weighted by Gasteiger charge is -2.06. The summed E-state index contributed by atoms with van der Waals surface area (Å²) in [5.74, 6) is -0.149. The molecule has 6 nitrogen and oxygen atoms in total. The quantitative estimate of drug-likeness (QED) is 0.642. The van der Waals surface area contributed by atoms with E-state index >= 15 is 0 Å². The minimum absolute atomic E-state index is 0.322. The van der Waals surface area contributed by atoms with Gasteiger partial charge in [0, 0.05) is 6.20 Å². The van der Waals surface area contributed by atoms with Gasteiger partial charge in [-0.15, -0.1) is 0 Å². The molecule has 1 rings (SSSR count). The number of nitrogens with zero attached hydrogens (tertiary/aromatic N) is 1. The second-order valence-electron chi connectivity index (χ2n) is 3.54. The molecule has 0 spiro atoms. The molecule has 0 unspecified atom stereocenters. The molecule has 0 saturated carbocycles. The van der Waals surface area contributed by atoms with E-state index in [1.54, 1.807) is 0 Å². The molecule has 98 valence electrons. The van der Waals surface area contributed by atoms with E-state index in [-0.39, 0.29) is 0 Å². The van der Waals surface area contributed by atoms with Crippen LogP contribution in [-0.2, 0) is 9.47 Å². The number of carbonyl (C=O) groups is 2. The number of esters is 1. The second kappa shape index (κ2) is 7.26. The molecule has 1 heterocycles. The van der Waals surface area contributed by atoms with E-state index in [2.05, 4.69) is 15.0 Å². The van der Waals surface area contributed by atoms with Gasteiger partial charge in [-0.05, 0) is 18.6 Å². The maximum absolute atomic E-state index is 11.3. The van der Waals surface area contributed by atoms with Crippen molar-refractivity contribution in [1.82, 2.24) is 4.98 Å². The molecule has 0 bridgehead atoms. The largest absolute Gasteiger partial charge is 0.465 e. The Balaban J connectivity index is 2.48. The Labute approximate surface area is 105 Å². The van der Waals surface area contributed by atoms with Crippen molar-refractivity contribution >= 4 is 17.9 Å². The van der Waals surface area contributed by atoms with Crippen molar-refractivity contribution in [1.29, 1.82) is 0 Å². The Morgan fingerprint density at radius 1 is 1.39 bits per heavy atom. The van der Waals surface area contributed by atoms with E-state index in [4.69, 9.17) is 4.74 Å². The minimum Gasteiger partial charge on any atom is -0.465 e. The molecule has 1 aromatic heterocycles. The van der Waals surface area contributed by atoms with E-state index in [9.17, 15) is 9.59 Å². The Morgan fingerprint density at radius 3 is 2.72 bits per heavy atom. The van der Waals surface area contributed by atoms with Crippen LogP contribution in [0.15, 0.2) is 18.3 Å². The van der Waals surface area contributed by atoms with Crippen LogP contribution in [0, 0.1) is 0 Å². The van der Waals surface area contributed by atoms with Crippen molar-refractivity contribution in [2.45, 2.75) is 19.8 Å². The average molecular weight is 252 g/mol. The summed E-state index contributed by atoms with van der Waals surface area (Å²) in [4.78, 5) is 26.3. The molecule has 0 aliphatic heterocycles.